The normalized spacial score (nSPS) is 11.6. The maximum atomic E-state index is 9.16. The molecule has 3 N–H and O–H groups in total. The number of hydrogen-bond donors (Lipinski definition) is 2. The zero-order valence-electron chi connectivity index (χ0n) is 8.46. The van der Waals surface area contributed by atoms with Gasteiger partial charge in [-0.3, -0.25) is 0 Å². The third kappa shape index (κ3) is 2.98. The second-order valence-electron chi connectivity index (χ2n) is 4.62. The van der Waals surface area contributed by atoms with Gasteiger partial charge in [-0.25, -0.2) is 0 Å². The summed E-state index contributed by atoms with van der Waals surface area (Å²) in [5, 5.41) is 9.16. The van der Waals surface area contributed by atoms with Gasteiger partial charge in [-0.05, 0) is 23.5 Å². The van der Waals surface area contributed by atoms with Crippen molar-refractivity contribution in [1.29, 1.82) is 0 Å². The zero-order valence-corrected chi connectivity index (χ0v) is 8.46. The molecule has 1 aromatic rings. The Morgan fingerprint density at radius 2 is 1.92 bits per heavy atom. The minimum absolute atomic E-state index is 0.227. The van der Waals surface area contributed by atoms with E-state index in [4.69, 9.17) is 10.8 Å². The van der Waals surface area contributed by atoms with Crippen LogP contribution in [-0.4, -0.2) is 5.11 Å². The quantitative estimate of drug-likeness (QED) is 0.651. The summed E-state index contributed by atoms with van der Waals surface area (Å²) in [7, 11) is 0. The predicted molar refractivity (Wildman–Crippen MR) is 55.7 cm³/mol. The first-order chi connectivity index (χ1) is 5.88. The first-order valence-electron chi connectivity index (χ1n) is 4.46. The number of aromatic hydroxyl groups is 1. The van der Waals surface area contributed by atoms with E-state index in [1.165, 1.54) is 0 Å². The highest BCUT2D eigenvalue weighted by molar-refractivity contribution is 5.51. The SMILES string of the molecule is CC(C)(C)Cc1ccc(O)cc1N. The van der Waals surface area contributed by atoms with Gasteiger partial charge in [-0.15, -0.1) is 0 Å². The van der Waals surface area contributed by atoms with E-state index in [9.17, 15) is 0 Å². The Morgan fingerprint density at radius 3 is 2.38 bits per heavy atom. The van der Waals surface area contributed by atoms with Gasteiger partial charge in [0.25, 0.3) is 0 Å². The maximum Gasteiger partial charge on any atom is 0.117 e. The number of phenolic OH excluding ortho intramolecular Hbond substituents is 1. The van der Waals surface area contributed by atoms with E-state index in [2.05, 4.69) is 20.8 Å². The van der Waals surface area contributed by atoms with Gasteiger partial charge in [0.1, 0.15) is 5.75 Å². The molecule has 0 bridgehead atoms. The van der Waals surface area contributed by atoms with Crippen molar-refractivity contribution in [2.24, 2.45) is 5.41 Å². The van der Waals surface area contributed by atoms with Gasteiger partial charge in [0.15, 0.2) is 0 Å². The van der Waals surface area contributed by atoms with Crippen LogP contribution in [-0.2, 0) is 6.42 Å². The lowest BCUT2D eigenvalue weighted by atomic mass is 9.87. The molecular weight excluding hydrogens is 162 g/mol. The number of phenols is 1. The molecule has 0 amide bonds. The molecule has 13 heavy (non-hydrogen) atoms. The van der Waals surface area contributed by atoms with E-state index in [0.717, 1.165) is 12.0 Å². The Balaban J connectivity index is 2.90. The van der Waals surface area contributed by atoms with Crippen molar-refractivity contribution in [3.63, 3.8) is 0 Å². The smallest absolute Gasteiger partial charge is 0.117 e. The second-order valence-corrected chi connectivity index (χ2v) is 4.62. The minimum atomic E-state index is 0.227. The Morgan fingerprint density at radius 1 is 1.31 bits per heavy atom. The highest BCUT2D eigenvalue weighted by Gasteiger charge is 2.13. The summed E-state index contributed by atoms with van der Waals surface area (Å²) >= 11 is 0. The zero-order chi connectivity index (χ0) is 10.1. The number of hydrogen-bond acceptors (Lipinski definition) is 2. The van der Waals surface area contributed by atoms with Crippen molar-refractivity contribution >= 4 is 5.69 Å². The van der Waals surface area contributed by atoms with E-state index < -0.39 is 0 Å². The molecule has 0 aliphatic rings. The lowest BCUT2D eigenvalue weighted by Gasteiger charge is -2.19. The Kier molecular flexibility index (Phi) is 2.50. The number of anilines is 1. The van der Waals surface area contributed by atoms with Crippen LogP contribution < -0.4 is 5.73 Å². The molecule has 2 heteroatoms. The van der Waals surface area contributed by atoms with Gasteiger partial charge in [0, 0.05) is 11.8 Å². The van der Waals surface area contributed by atoms with Gasteiger partial charge in [-0.1, -0.05) is 26.8 Å². The molecule has 0 aliphatic heterocycles. The first-order valence-corrected chi connectivity index (χ1v) is 4.46. The van der Waals surface area contributed by atoms with Crippen molar-refractivity contribution in [2.75, 3.05) is 5.73 Å². The summed E-state index contributed by atoms with van der Waals surface area (Å²) in [5.41, 5.74) is 7.77. The van der Waals surface area contributed by atoms with Gasteiger partial charge in [-0.2, -0.15) is 0 Å². The molecule has 0 fully saturated rings. The average molecular weight is 179 g/mol. The molecular formula is C11H17NO. The number of rotatable bonds is 1. The molecule has 0 saturated carbocycles. The lowest BCUT2D eigenvalue weighted by molar-refractivity contribution is 0.411. The first kappa shape index (κ1) is 9.90. The molecule has 2 nitrogen and oxygen atoms in total. The molecule has 0 saturated heterocycles. The van der Waals surface area contributed by atoms with E-state index in [0.29, 0.717) is 5.69 Å². The fraction of sp³-hybridized carbons (Fsp3) is 0.455. The van der Waals surface area contributed by atoms with Crippen molar-refractivity contribution in [3.8, 4) is 5.75 Å². The fourth-order valence-electron chi connectivity index (χ4n) is 1.31. The van der Waals surface area contributed by atoms with Crippen LogP contribution in [0.2, 0.25) is 0 Å². The van der Waals surface area contributed by atoms with Crippen LogP contribution >= 0.6 is 0 Å². The molecule has 0 aromatic heterocycles. The number of nitrogens with two attached hydrogens (primary N) is 1. The highest BCUT2D eigenvalue weighted by Crippen LogP contribution is 2.26. The molecule has 0 spiro atoms. The average Bonchev–Trinajstić information content (AvgIpc) is 1.93. The predicted octanol–water partition coefficient (Wildman–Crippen LogP) is 2.56. The third-order valence-electron chi connectivity index (χ3n) is 1.85. The monoisotopic (exact) mass is 179 g/mol. The van der Waals surface area contributed by atoms with Gasteiger partial charge in [0.05, 0.1) is 0 Å². The Bertz CT molecular complexity index is 299. The Labute approximate surface area is 79.4 Å². The molecule has 1 rings (SSSR count). The van der Waals surface area contributed by atoms with Crippen LogP contribution in [0.4, 0.5) is 5.69 Å². The molecule has 72 valence electrons. The fourth-order valence-corrected chi connectivity index (χ4v) is 1.31. The summed E-state index contributed by atoms with van der Waals surface area (Å²) < 4.78 is 0. The molecule has 0 atom stereocenters. The molecule has 1 aromatic carbocycles. The van der Waals surface area contributed by atoms with Crippen LogP contribution in [0.15, 0.2) is 18.2 Å². The summed E-state index contributed by atoms with van der Waals surface area (Å²) in [6.07, 6.45) is 0.930. The van der Waals surface area contributed by atoms with Crippen molar-refractivity contribution in [3.05, 3.63) is 23.8 Å². The Hall–Kier alpha value is -1.18. The molecule has 0 unspecified atom stereocenters. The summed E-state index contributed by atoms with van der Waals surface area (Å²) in [4.78, 5) is 0. The van der Waals surface area contributed by atoms with E-state index in [1.807, 2.05) is 6.07 Å². The van der Waals surface area contributed by atoms with Crippen LogP contribution in [0.5, 0.6) is 5.75 Å². The highest BCUT2D eigenvalue weighted by atomic mass is 16.3. The topological polar surface area (TPSA) is 46.2 Å². The largest absolute Gasteiger partial charge is 0.508 e. The van der Waals surface area contributed by atoms with E-state index in [-0.39, 0.29) is 11.2 Å². The standard InChI is InChI=1S/C11H17NO/c1-11(2,3)7-8-4-5-9(13)6-10(8)12/h4-6,13H,7,12H2,1-3H3. The molecule has 0 heterocycles. The van der Waals surface area contributed by atoms with E-state index >= 15 is 0 Å². The second kappa shape index (κ2) is 3.29. The summed E-state index contributed by atoms with van der Waals surface area (Å²) in [6, 6.07) is 5.16. The van der Waals surface area contributed by atoms with Crippen molar-refractivity contribution in [2.45, 2.75) is 27.2 Å². The molecule has 0 radical (unpaired) electrons. The van der Waals surface area contributed by atoms with Crippen LogP contribution in [0, 0.1) is 5.41 Å². The van der Waals surface area contributed by atoms with Crippen molar-refractivity contribution < 1.29 is 5.11 Å². The summed E-state index contributed by atoms with van der Waals surface area (Å²) in [5.74, 6) is 0.232. The number of nitrogen functional groups attached to an aromatic ring is 1. The van der Waals surface area contributed by atoms with Crippen LogP contribution in [0.1, 0.15) is 26.3 Å². The van der Waals surface area contributed by atoms with Crippen LogP contribution in [0.25, 0.3) is 0 Å². The summed E-state index contributed by atoms with van der Waals surface area (Å²) in [6.45, 7) is 6.50. The lowest BCUT2D eigenvalue weighted by Crippen LogP contribution is -2.10. The third-order valence-corrected chi connectivity index (χ3v) is 1.85. The van der Waals surface area contributed by atoms with E-state index in [1.54, 1.807) is 12.1 Å². The van der Waals surface area contributed by atoms with Gasteiger partial charge < -0.3 is 10.8 Å². The van der Waals surface area contributed by atoms with Crippen molar-refractivity contribution in [1.82, 2.24) is 0 Å². The molecule has 0 aliphatic carbocycles. The minimum Gasteiger partial charge on any atom is -0.508 e. The van der Waals surface area contributed by atoms with Gasteiger partial charge in [0.2, 0.25) is 0 Å². The maximum absolute atomic E-state index is 9.16. The van der Waals surface area contributed by atoms with Crippen LogP contribution in [0.3, 0.4) is 0 Å². The van der Waals surface area contributed by atoms with Gasteiger partial charge >= 0.3 is 0 Å². The number of benzene rings is 1.